The van der Waals surface area contributed by atoms with Crippen LogP contribution in [0.3, 0.4) is 0 Å². The van der Waals surface area contributed by atoms with Crippen LogP contribution in [0.1, 0.15) is 39.3 Å². The van der Waals surface area contributed by atoms with E-state index in [-0.39, 0.29) is 11.9 Å². The number of nitrogens with one attached hydrogen (secondary N) is 1. The molecule has 1 saturated heterocycles. The Kier molecular flexibility index (Phi) is 4.58. The average Bonchev–Trinajstić information content (AvgIpc) is 2.38. The molecule has 19 heavy (non-hydrogen) atoms. The third-order valence-corrected chi connectivity index (χ3v) is 4.21. The highest BCUT2D eigenvalue weighted by molar-refractivity contribution is 5.21. The Bertz CT molecular complexity index is 419. The third kappa shape index (κ3) is 3.15. The topological polar surface area (TPSA) is 15.3 Å². The zero-order chi connectivity index (χ0) is 14.0. The van der Waals surface area contributed by atoms with E-state index in [1.54, 1.807) is 12.1 Å². The number of benzene rings is 1. The highest BCUT2D eigenvalue weighted by Crippen LogP contribution is 2.28. The largest absolute Gasteiger partial charge is 0.311 e. The van der Waals surface area contributed by atoms with Gasteiger partial charge in [-0.2, -0.15) is 0 Å². The summed E-state index contributed by atoms with van der Waals surface area (Å²) in [6, 6.07) is 8.19. The second-order valence-electron chi connectivity index (χ2n) is 6.01. The lowest BCUT2D eigenvalue weighted by molar-refractivity contribution is 0.0643. The molecule has 0 saturated carbocycles. The molecule has 3 atom stereocenters. The summed E-state index contributed by atoms with van der Waals surface area (Å²) in [6.07, 6.45) is 0. The Balaban J connectivity index is 2.24. The Morgan fingerprint density at radius 2 is 1.95 bits per heavy atom. The molecular weight excluding hydrogens is 239 g/mol. The van der Waals surface area contributed by atoms with Crippen molar-refractivity contribution in [2.24, 2.45) is 5.92 Å². The minimum atomic E-state index is -0.0938. The summed E-state index contributed by atoms with van der Waals surface area (Å²) in [5, 5.41) is 3.53. The van der Waals surface area contributed by atoms with Crippen molar-refractivity contribution in [1.82, 2.24) is 10.2 Å². The van der Waals surface area contributed by atoms with Crippen LogP contribution < -0.4 is 5.32 Å². The molecule has 3 heteroatoms. The van der Waals surface area contributed by atoms with Crippen molar-refractivity contribution >= 4 is 0 Å². The monoisotopic (exact) mass is 264 g/mol. The summed E-state index contributed by atoms with van der Waals surface area (Å²) in [5.74, 6) is 0.470. The fourth-order valence-corrected chi connectivity index (χ4v) is 3.01. The van der Waals surface area contributed by atoms with Gasteiger partial charge in [0.05, 0.1) is 0 Å². The van der Waals surface area contributed by atoms with E-state index in [0.29, 0.717) is 18.0 Å². The number of hydrogen-bond donors (Lipinski definition) is 1. The molecular formula is C16H25FN2. The molecule has 1 N–H and O–H groups in total. The smallest absolute Gasteiger partial charge is 0.127 e. The molecule has 1 aliphatic rings. The maximum Gasteiger partial charge on any atom is 0.127 e. The van der Waals surface area contributed by atoms with Crippen molar-refractivity contribution in [2.75, 3.05) is 13.1 Å². The Morgan fingerprint density at radius 1 is 1.26 bits per heavy atom. The van der Waals surface area contributed by atoms with Crippen molar-refractivity contribution in [2.45, 2.75) is 45.8 Å². The highest BCUT2D eigenvalue weighted by atomic mass is 19.1. The number of rotatable bonds is 3. The predicted molar refractivity (Wildman–Crippen MR) is 77.6 cm³/mol. The summed E-state index contributed by atoms with van der Waals surface area (Å²) in [7, 11) is 0. The van der Waals surface area contributed by atoms with Crippen LogP contribution in [0, 0.1) is 11.7 Å². The third-order valence-electron chi connectivity index (χ3n) is 4.21. The fraction of sp³-hybridized carbons (Fsp3) is 0.625. The van der Waals surface area contributed by atoms with Crippen LogP contribution in [0.15, 0.2) is 24.3 Å². The van der Waals surface area contributed by atoms with E-state index in [2.05, 4.69) is 37.9 Å². The van der Waals surface area contributed by atoms with Crippen molar-refractivity contribution in [3.8, 4) is 0 Å². The Morgan fingerprint density at radius 3 is 2.58 bits per heavy atom. The standard InChI is InChI=1S/C16H25FN2/c1-11(2)16-9-18-12(3)10-19(16)13(4)14-7-5-6-8-15(14)17/h5-8,11-13,16,18H,9-10H2,1-4H3. The van der Waals surface area contributed by atoms with Crippen molar-refractivity contribution in [3.63, 3.8) is 0 Å². The molecule has 0 aliphatic carbocycles. The summed E-state index contributed by atoms with van der Waals surface area (Å²) in [6.45, 7) is 10.7. The van der Waals surface area contributed by atoms with Gasteiger partial charge >= 0.3 is 0 Å². The van der Waals surface area contributed by atoms with Crippen molar-refractivity contribution < 1.29 is 4.39 Å². The van der Waals surface area contributed by atoms with Crippen LogP contribution in [0.5, 0.6) is 0 Å². The van der Waals surface area contributed by atoms with E-state index in [0.717, 1.165) is 18.7 Å². The summed E-state index contributed by atoms with van der Waals surface area (Å²) in [4.78, 5) is 2.45. The lowest BCUT2D eigenvalue weighted by atomic mass is 9.94. The molecule has 1 heterocycles. The van der Waals surface area contributed by atoms with Crippen LogP contribution in [0.2, 0.25) is 0 Å². The lowest BCUT2D eigenvalue weighted by Gasteiger charge is -2.45. The van der Waals surface area contributed by atoms with Crippen LogP contribution in [-0.2, 0) is 0 Å². The first-order chi connectivity index (χ1) is 9.00. The van der Waals surface area contributed by atoms with Gasteiger partial charge in [-0.05, 0) is 25.8 Å². The van der Waals surface area contributed by atoms with Crippen LogP contribution >= 0.6 is 0 Å². The van der Waals surface area contributed by atoms with Crippen LogP contribution in [0.25, 0.3) is 0 Å². The fourth-order valence-electron chi connectivity index (χ4n) is 3.01. The van der Waals surface area contributed by atoms with Crippen LogP contribution in [-0.4, -0.2) is 30.1 Å². The predicted octanol–water partition coefficient (Wildman–Crippen LogP) is 3.21. The molecule has 1 aromatic carbocycles. The average molecular weight is 264 g/mol. The van der Waals surface area contributed by atoms with Gasteiger partial charge in [0.2, 0.25) is 0 Å². The van der Waals surface area contributed by atoms with E-state index >= 15 is 0 Å². The molecule has 3 unspecified atom stereocenters. The molecule has 0 radical (unpaired) electrons. The molecule has 0 bridgehead atoms. The maximum absolute atomic E-state index is 14.0. The highest BCUT2D eigenvalue weighted by Gasteiger charge is 2.32. The van der Waals surface area contributed by atoms with Gasteiger partial charge in [0.25, 0.3) is 0 Å². The maximum atomic E-state index is 14.0. The van der Waals surface area contributed by atoms with E-state index in [9.17, 15) is 4.39 Å². The van der Waals surface area contributed by atoms with Gasteiger partial charge in [0.15, 0.2) is 0 Å². The first kappa shape index (κ1) is 14.5. The normalized spacial score (nSPS) is 26.6. The molecule has 0 spiro atoms. The summed E-state index contributed by atoms with van der Waals surface area (Å²) < 4.78 is 14.0. The van der Waals surface area contributed by atoms with Gasteiger partial charge in [-0.25, -0.2) is 4.39 Å². The molecule has 1 aliphatic heterocycles. The molecule has 0 aromatic heterocycles. The molecule has 2 rings (SSSR count). The molecule has 1 aromatic rings. The lowest BCUT2D eigenvalue weighted by Crippen LogP contribution is -2.57. The van der Waals surface area contributed by atoms with Gasteiger partial charge < -0.3 is 5.32 Å². The quantitative estimate of drug-likeness (QED) is 0.902. The van der Waals surface area contributed by atoms with Crippen molar-refractivity contribution in [3.05, 3.63) is 35.6 Å². The minimum Gasteiger partial charge on any atom is -0.311 e. The van der Waals surface area contributed by atoms with Gasteiger partial charge in [-0.3, -0.25) is 4.90 Å². The van der Waals surface area contributed by atoms with E-state index in [1.807, 2.05) is 12.1 Å². The van der Waals surface area contributed by atoms with Gasteiger partial charge in [-0.1, -0.05) is 32.0 Å². The Labute approximate surface area is 116 Å². The molecule has 2 nitrogen and oxygen atoms in total. The summed E-state index contributed by atoms with van der Waals surface area (Å²) in [5.41, 5.74) is 0.808. The summed E-state index contributed by atoms with van der Waals surface area (Å²) >= 11 is 0. The van der Waals surface area contributed by atoms with Crippen molar-refractivity contribution in [1.29, 1.82) is 0 Å². The SMILES string of the molecule is CC1CN(C(C)c2ccccc2F)C(C(C)C)CN1. The zero-order valence-corrected chi connectivity index (χ0v) is 12.4. The van der Waals surface area contributed by atoms with E-state index in [4.69, 9.17) is 0 Å². The first-order valence-corrected chi connectivity index (χ1v) is 7.24. The number of halogens is 1. The van der Waals surface area contributed by atoms with Gasteiger partial charge in [0, 0.05) is 36.8 Å². The zero-order valence-electron chi connectivity index (χ0n) is 12.4. The first-order valence-electron chi connectivity index (χ1n) is 7.24. The molecule has 0 amide bonds. The second kappa shape index (κ2) is 6.02. The van der Waals surface area contributed by atoms with E-state index < -0.39 is 0 Å². The second-order valence-corrected chi connectivity index (χ2v) is 6.01. The number of hydrogen-bond acceptors (Lipinski definition) is 2. The number of piperazine rings is 1. The van der Waals surface area contributed by atoms with Crippen LogP contribution in [0.4, 0.5) is 4.39 Å². The van der Waals surface area contributed by atoms with E-state index in [1.165, 1.54) is 0 Å². The molecule has 1 fully saturated rings. The number of nitrogens with zero attached hydrogens (tertiary/aromatic N) is 1. The minimum absolute atomic E-state index is 0.0938. The van der Waals surface area contributed by atoms with Gasteiger partial charge in [0.1, 0.15) is 5.82 Å². The molecule has 106 valence electrons. The Hall–Kier alpha value is -0.930. The van der Waals surface area contributed by atoms with Gasteiger partial charge in [-0.15, -0.1) is 0 Å².